The Morgan fingerprint density at radius 1 is 1.10 bits per heavy atom. The number of nitrogens with zero attached hydrogens (tertiary/aromatic N) is 3. The number of thioether (sulfide) groups is 1. The molecule has 0 N–H and O–H groups in total. The molecular formula is C22H22ClN3O2S. The van der Waals surface area contributed by atoms with Crippen LogP contribution in [0.15, 0.2) is 59.9 Å². The first-order valence-electron chi connectivity index (χ1n) is 9.54. The summed E-state index contributed by atoms with van der Waals surface area (Å²) in [7, 11) is 1.65. The van der Waals surface area contributed by atoms with Crippen LogP contribution in [-0.2, 0) is 4.79 Å². The van der Waals surface area contributed by atoms with Crippen molar-refractivity contribution < 1.29 is 9.53 Å². The third-order valence-corrected chi connectivity index (χ3v) is 6.17. The van der Waals surface area contributed by atoms with Crippen LogP contribution in [0.25, 0.3) is 16.9 Å². The van der Waals surface area contributed by atoms with Gasteiger partial charge in [-0.15, -0.1) is 0 Å². The lowest BCUT2D eigenvalue weighted by atomic mass is 10.1. The number of rotatable bonds is 6. The number of hydrogen-bond donors (Lipinski definition) is 0. The fourth-order valence-electron chi connectivity index (χ4n) is 3.43. The van der Waals surface area contributed by atoms with Gasteiger partial charge in [0.2, 0.25) is 5.91 Å². The van der Waals surface area contributed by atoms with Gasteiger partial charge in [0, 0.05) is 29.4 Å². The fourth-order valence-corrected chi connectivity index (χ4v) is 4.45. The Morgan fingerprint density at radius 3 is 2.45 bits per heavy atom. The Kier molecular flexibility index (Phi) is 6.11. The van der Waals surface area contributed by atoms with Gasteiger partial charge in [-0.05, 0) is 61.4 Å². The number of amides is 1. The molecule has 1 aliphatic rings. The van der Waals surface area contributed by atoms with Crippen LogP contribution in [0.3, 0.4) is 0 Å². The highest BCUT2D eigenvalue weighted by Crippen LogP contribution is 2.31. The zero-order chi connectivity index (χ0) is 20.2. The molecule has 1 amide bonds. The molecule has 0 unspecified atom stereocenters. The number of aromatic nitrogens is 2. The molecule has 0 radical (unpaired) electrons. The Hall–Kier alpha value is -2.44. The van der Waals surface area contributed by atoms with E-state index in [-0.39, 0.29) is 5.91 Å². The van der Waals surface area contributed by atoms with Gasteiger partial charge in [-0.1, -0.05) is 23.4 Å². The number of benzene rings is 2. The van der Waals surface area contributed by atoms with E-state index in [1.165, 1.54) is 11.8 Å². The molecule has 29 heavy (non-hydrogen) atoms. The van der Waals surface area contributed by atoms with Crippen molar-refractivity contribution in [2.24, 2.45) is 0 Å². The lowest BCUT2D eigenvalue weighted by Gasteiger charge is -2.16. The van der Waals surface area contributed by atoms with Gasteiger partial charge < -0.3 is 9.64 Å². The van der Waals surface area contributed by atoms with Crippen LogP contribution in [0.2, 0.25) is 5.02 Å². The smallest absolute Gasteiger partial charge is 0.233 e. The van der Waals surface area contributed by atoms with E-state index < -0.39 is 0 Å². The molecule has 150 valence electrons. The summed E-state index contributed by atoms with van der Waals surface area (Å²) in [6, 6.07) is 15.5. The molecule has 0 aliphatic carbocycles. The van der Waals surface area contributed by atoms with Gasteiger partial charge >= 0.3 is 0 Å². The maximum Gasteiger partial charge on any atom is 0.233 e. The van der Waals surface area contributed by atoms with Crippen molar-refractivity contribution in [3.63, 3.8) is 0 Å². The molecule has 1 saturated heterocycles. The molecule has 0 spiro atoms. The highest BCUT2D eigenvalue weighted by atomic mass is 35.5. The van der Waals surface area contributed by atoms with Crippen molar-refractivity contribution >= 4 is 29.3 Å². The van der Waals surface area contributed by atoms with E-state index in [4.69, 9.17) is 16.3 Å². The van der Waals surface area contributed by atoms with E-state index in [1.807, 2.05) is 59.6 Å². The predicted octanol–water partition coefficient (Wildman–Crippen LogP) is 4.92. The quantitative estimate of drug-likeness (QED) is 0.524. The van der Waals surface area contributed by atoms with Crippen molar-refractivity contribution in [2.45, 2.75) is 18.0 Å². The van der Waals surface area contributed by atoms with Gasteiger partial charge in [-0.25, -0.2) is 4.98 Å². The second-order valence-corrected chi connectivity index (χ2v) is 8.22. The van der Waals surface area contributed by atoms with Crippen LogP contribution in [0, 0.1) is 0 Å². The molecule has 3 aromatic rings. The van der Waals surface area contributed by atoms with Crippen LogP contribution in [-0.4, -0.2) is 46.3 Å². The third-order valence-electron chi connectivity index (χ3n) is 4.98. The molecule has 2 heterocycles. The number of hydrogen-bond acceptors (Lipinski definition) is 4. The minimum atomic E-state index is 0.171. The van der Waals surface area contributed by atoms with E-state index in [9.17, 15) is 4.79 Å². The van der Waals surface area contributed by atoms with Crippen molar-refractivity contribution in [3.8, 4) is 22.7 Å². The second kappa shape index (κ2) is 8.93. The van der Waals surface area contributed by atoms with Crippen molar-refractivity contribution in [1.29, 1.82) is 0 Å². The number of carbonyl (C=O) groups excluding carboxylic acids is 1. The number of imidazole rings is 1. The molecule has 1 aromatic heterocycles. The summed E-state index contributed by atoms with van der Waals surface area (Å²) >= 11 is 7.55. The standard InChI is InChI=1S/C22H22ClN3O2S/c1-28-19-10-4-16(5-11-19)20-14-24-22(26(20)18-8-6-17(23)7-9-18)29-15-21(27)25-12-2-3-13-25/h4-11,14H,2-3,12-13,15H2,1H3. The molecule has 0 atom stereocenters. The molecule has 0 saturated carbocycles. The first-order valence-corrected chi connectivity index (χ1v) is 10.9. The second-order valence-electron chi connectivity index (χ2n) is 6.84. The Bertz CT molecular complexity index is 980. The minimum absolute atomic E-state index is 0.171. The summed E-state index contributed by atoms with van der Waals surface area (Å²) in [6.07, 6.45) is 4.04. The van der Waals surface area contributed by atoms with Crippen LogP contribution >= 0.6 is 23.4 Å². The maximum atomic E-state index is 12.5. The molecular weight excluding hydrogens is 406 g/mol. The van der Waals surface area contributed by atoms with E-state index in [1.54, 1.807) is 7.11 Å². The number of ether oxygens (including phenoxy) is 1. The van der Waals surface area contributed by atoms with E-state index in [0.29, 0.717) is 10.8 Å². The third kappa shape index (κ3) is 4.43. The fraction of sp³-hybridized carbons (Fsp3) is 0.273. The summed E-state index contributed by atoms with van der Waals surface area (Å²) in [5.74, 6) is 1.36. The zero-order valence-electron chi connectivity index (χ0n) is 16.2. The summed E-state index contributed by atoms with van der Waals surface area (Å²) in [6.45, 7) is 1.73. The topological polar surface area (TPSA) is 47.4 Å². The van der Waals surface area contributed by atoms with Crippen LogP contribution in [0.4, 0.5) is 0 Å². The highest BCUT2D eigenvalue weighted by Gasteiger charge is 2.20. The van der Waals surface area contributed by atoms with Gasteiger partial charge in [-0.2, -0.15) is 0 Å². The number of halogens is 1. The first-order chi connectivity index (χ1) is 14.2. The molecule has 2 aromatic carbocycles. The van der Waals surface area contributed by atoms with Gasteiger partial charge in [0.1, 0.15) is 5.75 Å². The summed E-state index contributed by atoms with van der Waals surface area (Å²) in [5.41, 5.74) is 2.92. The highest BCUT2D eigenvalue weighted by molar-refractivity contribution is 7.99. The first kappa shape index (κ1) is 19.9. The SMILES string of the molecule is COc1ccc(-c2cnc(SCC(=O)N3CCCC3)n2-c2ccc(Cl)cc2)cc1. The Balaban J connectivity index is 1.66. The van der Waals surface area contributed by atoms with Crippen LogP contribution in [0.5, 0.6) is 5.75 Å². The van der Waals surface area contributed by atoms with Crippen molar-refractivity contribution in [1.82, 2.24) is 14.5 Å². The molecule has 1 aliphatic heterocycles. The molecule has 4 rings (SSSR count). The number of likely N-dealkylation sites (tertiary alicyclic amines) is 1. The normalized spacial score (nSPS) is 13.7. The lowest BCUT2D eigenvalue weighted by molar-refractivity contribution is -0.127. The minimum Gasteiger partial charge on any atom is -0.497 e. The van der Waals surface area contributed by atoms with Crippen LogP contribution in [0.1, 0.15) is 12.8 Å². The molecule has 5 nitrogen and oxygen atoms in total. The maximum absolute atomic E-state index is 12.5. The molecule has 1 fully saturated rings. The van der Waals surface area contributed by atoms with E-state index in [2.05, 4.69) is 9.55 Å². The number of carbonyl (C=O) groups is 1. The Morgan fingerprint density at radius 2 is 1.79 bits per heavy atom. The average Bonchev–Trinajstić information content (AvgIpc) is 3.43. The lowest BCUT2D eigenvalue weighted by Crippen LogP contribution is -2.29. The van der Waals surface area contributed by atoms with Crippen LogP contribution < -0.4 is 4.74 Å². The summed E-state index contributed by atoms with van der Waals surface area (Å²) < 4.78 is 7.34. The van der Waals surface area contributed by atoms with Gasteiger partial charge in [-0.3, -0.25) is 9.36 Å². The monoisotopic (exact) mass is 427 g/mol. The predicted molar refractivity (Wildman–Crippen MR) is 117 cm³/mol. The van der Waals surface area contributed by atoms with Gasteiger partial charge in [0.15, 0.2) is 5.16 Å². The van der Waals surface area contributed by atoms with Crippen molar-refractivity contribution in [2.75, 3.05) is 26.0 Å². The molecule has 0 bridgehead atoms. The zero-order valence-corrected chi connectivity index (χ0v) is 17.7. The Labute approximate surface area is 179 Å². The average molecular weight is 428 g/mol. The van der Waals surface area contributed by atoms with Crippen molar-refractivity contribution in [3.05, 3.63) is 59.8 Å². The van der Waals surface area contributed by atoms with E-state index >= 15 is 0 Å². The largest absolute Gasteiger partial charge is 0.497 e. The summed E-state index contributed by atoms with van der Waals surface area (Å²) in [5, 5.41) is 1.46. The van der Waals surface area contributed by atoms with Gasteiger partial charge in [0.25, 0.3) is 0 Å². The number of methoxy groups -OCH3 is 1. The summed E-state index contributed by atoms with van der Waals surface area (Å²) in [4.78, 5) is 19.1. The van der Waals surface area contributed by atoms with E-state index in [0.717, 1.165) is 53.8 Å². The van der Waals surface area contributed by atoms with Gasteiger partial charge in [0.05, 0.1) is 24.8 Å². The molecule has 7 heteroatoms.